The topological polar surface area (TPSA) is 64.2 Å². The van der Waals surface area contributed by atoms with Crippen molar-refractivity contribution in [3.8, 4) is 5.88 Å². The molecule has 1 heterocycles. The van der Waals surface area contributed by atoms with E-state index in [1.807, 2.05) is 0 Å². The van der Waals surface area contributed by atoms with Crippen LogP contribution in [0.2, 0.25) is 0 Å². The second-order valence-electron chi connectivity index (χ2n) is 2.00. The van der Waals surface area contributed by atoms with Crippen molar-refractivity contribution >= 4 is 28.5 Å². The molecule has 5 nitrogen and oxygen atoms in total. The Labute approximate surface area is 82.9 Å². The van der Waals surface area contributed by atoms with E-state index < -0.39 is 0 Å². The van der Waals surface area contributed by atoms with E-state index in [2.05, 4.69) is 30.6 Å². The summed E-state index contributed by atoms with van der Waals surface area (Å²) in [5.74, 6) is 0.204. The van der Waals surface area contributed by atoms with Crippen LogP contribution in [0, 0.1) is 0 Å². The summed E-state index contributed by atoms with van der Waals surface area (Å²) in [6, 6.07) is 0. The lowest BCUT2D eigenvalue weighted by Gasteiger charge is -1.92. The van der Waals surface area contributed by atoms with Gasteiger partial charge in [-0.3, -0.25) is 4.79 Å². The number of aromatic amines is 1. The molecule has 1 rings (SSSR count). The van der Waals surface area contributed by atoms with E-state index in [-0.39, 0.29) is 5.88 Å². The van der Waals surface area contributed by atoms with Crippen molar-refractivity contribution in [1.82, 2.24) is 9.97 Å². The molecule has 0 radical (unpaired) electrons. The number of nitrogens with zero attached hydrogens (tertiary/aromatic N) is 1. The lowest BCUT2D eigenvalue weighted by molar-refractivity contribution is -0.120. The minimum absolute atomic E-state index is 0.204. The van der Waals surface area contributed by atoms with E-state index in [1.54, 1.807) is 6.08 Å². The largest absolute Gasteiger partial charge is 0.504 e. The van der Waals surface area contributed by atoms with Crippen LogP contribution in [0.3, 0.4) is 0 Å². The lowest BCUT2D eigenvalue weighted by atomic mass is 10.4. The summed E-state index contributed by atoms with van der Waals surface area (Å²) < 4.78 is 9.78. The van der Waals surface area contributed by atoms with Crippen LogP contribution < -0.4 is 4.74 Å². The van der Waals surface area contributed by atoms with Crippen molar-refractivity contribution in [3.63, 3.8) is 0 Å². The number of H-pyrrole nitrogens is 1. The number of nitrogens with one attached hydrogen (secondary N) is 1. The molecule has 6 heteroatoms. The Kier molecular flexibility index (Phi) is 3.51. The predicted molar refractivity (Wildman–Crippen MR) is 49.0 cm³/mol. The quantitative estimate of drug-likeness (QED) is 0.643. The molecule has 1 aromatic heterocycles. The first kappa shape index (κ1) is 9.79. The Hall–Kier alpha value is -1.30. The molecule has 0 atom stereocenters. The van der Waals surface area contributed by atoms with Crippen LogP contribution in [0.15, 0.2) is 11.0 Å². The third kappa shape index (κ3) is 2.59. The van der Waals surface area contributed by atoms with Gasteiger partial charge in [0, 0.05) is 6.08 Å². The fraction of sp³-hybridized carbons (Fsp3) is 0.143. The zero-order chi connectivity index (χ0) is 9.68. The number of methoxy groups -OCH3 is 1. The Morgan fingerprint density at radius 1 is 1.62 bits per heavy atom. The fourth-order valence-corrected chi connectivity index (χ4v) is 1.10. The summed E-state index contributed by atoms with van der Waals surface area (Å²) in [6.07, 6.45) is 3.04. The third-order valence-corrected chi connectivity index (χ3v) is 1.57. The summed E-state index contributed by atoms with van der Waals surface area (Å²) in [6.45, 7) is 0.312. The van der Waals surface area contributed by atoms with Crippen molar-refractivity contribution in [3.05, 3.63) is 16.7 Å². The molecular formula is C7H7BrN2O3. The molecule has 0 spiro atoms. The molecule has 0 aromatic carbocycles. The van der Waals surface area contributed by atoms with E-state index in [9.17, 15) is 4.79 Å². The predicted octanol–water partition coefficient (Wildman–Crippen LogP) is 1.32. The molecule has 13 heavy (non-hydrogen) atoms. The smallest absolute Gasteiger partial charge is 0.299 e. The van der Waals surface area contributed by atoms with Crippen molar-refractivity contribution in [2.24, 2.45) is 0 Å². The van der Waals surface area contributed by atoms with E-state index in [0.29, 0.717) is 16.9 Å². The SMILES string of the molecule is COC=Cc1[nH]c(Br)nc1OC=O. The van der Waals surface area contributed by atoms with Gasteiger partial charge in [0.1, 0.15) is 5.69 Å². The van der Waals surface area contributed by atoms with Gasteiger partial charge in [-0.15, -0.1) is 0 Å². The van der Waals surface area contributed by atoms with Crippen molar-refractivity contribution < 1.29 is 14.3 Å². The van der Waals surface area contributed by atoms with Crippen molar-refractivity contribution in [2.75, 3.05) is 7.11 Å². The normalized spacial score (nSPS) is 10.3. The van der Waals surface area contributed by atoms with Gasteiger partial charge in [0.2, 0.25) is 5.88 Å². The first-order valence-electron chi connectivity index (χ1n) is 3.33. The average molecular weight is 247 g/mol. The highest BCUT2D eigenvalue weighted by molar-refractivity contribution is 9.10. The van der Waals surface area contributed by atoms with Gasteiger partial charge in [-0.1, -0.05) is 0 Å². The fourth-order valence-electron chi connectivity index (χ4n) is 0.726. The van der Waals surface area contributed by atoms with E-state index in [1.165, 1.54) is 13.4 Å². The van der Waals surface area contributed by atoms with Crippen LogP contribution in [0.25, 0.3) is 6.08 Å². The van der Waals surface area contributed by atoms with Gasteiger partial charge in [-0.25, -0.2) is 0 Å². The first-order valence-corrected chi connectivity index (χ1v) is 4.12. The lowest BCUT2D eigenvalue weighted by Crippen LogP contribution is -1.90. The summed E-state index contributed by atoms with van der Waals surface area (Å²) in [5.41, 5.74) is 0.556. The summed E-state index contributed by atoms with van der Waals surface area (Å²) in [5, 5.41) is 0. The molecule has 0 saturated heterocycles. The van der Waals surface area contributed by atoms with E-state index in [4.69, 9.17) is 4.74 Å². The van der Waals surface area contributed by atoms with Crippen LogP contribution in [0.1, 0.15) is 5.69 Å². The number of ether oxygens (including phenoxy) is 2. The molecule has 0 fully saturated rings. The second kappa shape index (κ2) is 4.66. The molecule has 0 saturated carbocycles. The Morgan fingerprint density at radius 3 is 3.00 bits per heavy atom. The average Bonchev–Trinajstić information content (AvgIpc) is 2.44. The zero-order valence-electron chi connectivity index (χ0n) is 6.78. The monoisotopic (exact) mass is 246 g/mol. The Morgan fingerprint density at radius 2 is 2.38 bits per heavy atom. The van der Waals surface area contributed by atoms with Gasteiger partial charge in [-0.2, -0.15) is 4.98 Å². The number of carbonyl (C=O) groups excluding carboxylic acids is 1. The van der Waals surface area contributed by atoms with Crippen LogP contribution in [-0.4, -0.2) is 23.5 Å². The van der Waals surface area contributed by atoms with Crippen LogP contribution in [0.5, 0.6) is 5.88 Å². The number of aromatic nitrogens is 2. The summed E-state index contributed by atoms with van der Waals surface area (Å²) in [7, 11) is 1.52. The number of hydrogen-bond donors (Lipinski definition) is 1. The molecule has 0 amide bonds. The molecule has 0 aliphatic heterocycles. The molecule has 0 aliphatic rings. The van der Waals surface area contributed by atoms with Crippen LogP contribution >= 0.6 is 15.9 Å². The maximum Gasteiger partial charge on any atom is 0.299 e. The number of rotatable bonds is 4. The maximum absolute atomic E-state index is 10.1. The Bertz CT molecular complexity index is 322. The minimum Gasteiger partial charge on any atom is -0.504 e. The highest BCUT2D eigenvalue weighted by Crippen LogP contribution is 2.19. The van der Waals surface area contributed by atoms with Crippen molar-refractivity contribution in [1.29, 1.82) is 0 Å². The molecule has 0 bridgehead atoms. The molecule has 1 aromatic rings. The highest BCUT2D eigenvalue weighted by Gasteiger charge is 2.06. The van der Waals surface area contributed by atoms with Gasteiger partial charge >= 0.3 is 0 Å². The number of halogens is 1. The molecule has 1 N–H and O–H groups in total. The Balaban J connectivity index is 2.89. The van der Waals surface area contributed by atoms with Gasteiger partial charge in [0.05, 0.1) is 13.4 Å². The number of carbonyl (C=O) groups is 1. The molecule has 70 valence electrons. The minimum atomic E-state index is 0.204. The maximum atomic E-state index is 10.1. The molecule has 0 aliphatic carbocycles. The number of hydrogen-bond acceptors (Lipinski definition) is 4. The van der Waals surface area contributed by atoms with E-state index >= 15 is 0 Å². The zero-order valence-corrected chi connectivity index (χ0v) is 8.37. The second-order valence-corrected chi connectivity index (χ2v) is 2.75. The van der Waals surface area contributed by atoms with Gasteiger partial charge in [-0.05, 0) is 15.9 Å². The number of imidazole rings is 1. The molecule has 0 unspecified atom stereocenters. The van der Waals surface area contributed by atoms with Gasteiger partial charge in [0.25, 0.3) is 6.47 Å². The third-order valence-electron chi connectivity index (χ3n) is 1.20. The van der Waals surface area contributed by atoms with Gasteiger partial charge < -0.3 is 14.5 Å². The summed E-state index contributed by atoms with van der Waals surface area (Å²) in [4.78, 5) is 16.7. The van der Waals surface area contributed by atoms with Gasteiger partial charge in [0.15, 0.2) is 4.73 Å². The van der Waals surface area contributed by atoms with Crippen molar-refractivity contribution in [2.45, 2.75) is 0 Å². The molecular weight excluding hydrogens is 240 g/mol. The summed E-state index contributed by atoms with van der Waals surface area (Å²) >= 11 is 3.11. The van der Waals surface area contributed by atoms with E-state index in [0.717, 1.165) is 0 Å². The van der Waals surface area contributed by atoms with Crippen LogP contribution in [-0.2, 0) is 9.53 Å². The standard InChI is InChI=1S/C7H7BrN2O3/c1-12-3-2-5-6(13-4-11)10-7(8)9-5/h2-4H,1H3,(H,9,10). The van der Waals surface area contributed by atoms with Crippen LogP contribution in [0.4, 0.5) is 0 Å². The highest BCUT2D eigenvalue weighted by atomic mass is 79.9. The first-order chi connectivity index (χ1) is 6.27.